The normalized spacial score (nSPS) is 21.9. The fraction of sp³-hybridized carbons (Fsp3) is 0.800. The summed E-state index contributed by atoms with van der Waals surface area (Å²) in [6, 6.07) is 0. The highest BCUT2D eigenvalue weighted by atomic mass is 35.6. The van der Waals surface area contributed by atoms with Gasteiger partial charge in [-0.15, -0.1) is 0 Å². The Kier molecular flexibility index (Phi) is 3.28. The largest absolute Gasteiger partial charge is 0.263 e. The number of nitro groups is 1. The summed E-state index contributed by atoms with van der Waals surface area (Å²) in [6.07, 6.45) is 0.0169. The van der Waals surface area contributed by atoms with Crippen LogP contribution in [0.15, 0.2) is 5.10 Å². The first kappa shape index (κ1) is 11.6. The van der Waals surface area contributed by atoms with Crippen LogP contribution in [0, 0.1) is 10.1 Å². The zero-order valence-corrected chi connectivity index (χ0v) is 9.37. The summed E-state index contributed by atoms with van der Waals surface area (Å²) in [5.41, 5.74) is 0. The summed E-state index contributed by atoms with van der Waals surface area (Å²) >= 11 is 16.8. The van der Waals surface area contributed by atoms with Gasteiger partial charge in [-0.2, -0.15) is 5.10 Å². The Morgan fingerprint density at radius 1 is 1.64 bits per heavy atom. The van der Waals surface area contributed by atoms with E-state index in [1.54, 1.807) is 6.92 Å². The Hall–Kier alpha value is -0.460. The van der Waals surface area contributed by atoms with Gasteiger partial charge in [0, 0.05) is 6.54 Å². The Balaban J connectivity index is 2.91. The minimum atomic E-state index is -1.79. The first-order valence-electron chi connectivity index (χ1n) is 3.68. The van der Waals surface area contributed by atoms with E-state index in [-0.39, 0.29) is 0 Å². The van der Waals surface area contributed by atoms with Gasteiger partial charge in [-0.25, -0.2) is 10.1 Å². The van der Waals surface area contributed by atoms with E-state index in [4.69, 9.17) is 34.8 Å². The van der Waals surface area contributed by atoms with Crippen molar-refractivity contribution in [2.75, 3.05) is 6.54 Å². The number of nitrogens with zero attached hydrogens (tertiary/aromatic N) is 4. The lowest BCUT2D eigenvalue weighted by atomic mass is 10.5. The monoisotopic (exact) mass is 260 g/mol. The third kappa shape index (κ3) is 2.13. The van der Waals surface area contributed by atoms with E-state index < -0.39 is 15.0 Å². The van der Waals surface area contributed by atoms with E-state index in [0.29, 0.717) is 11.6 Å². The average molecular weight is 261 g/mol. The molecule has 0 N–H and O–H groups in total. The molecule has 14 heavy (non-hydrogen) atoms. The zero-order chi connectivity index (χ0) is 10.9. The molecule has 0 saturated carbocycles. The van der Waals surface area contributed by atoms with Gasteiger partial charge in [-0.1, -0.05) is 39.8 Å². The maximum atomic E-state index is 10.6. The predicted octanol–water partition coefficient (Wildman–Crippen LogP) is 1.46. The summed E-state index contributed by atoms with van der Waals surface area (Å²) in [7, 11) is 0. The molecule has 0 bridgehead atoms. The maximum absolute atomic E-state index is 10.6. The summed E-state index contributed by atoms with van der Waals surface area (Å²) < 4.78 is -1.79. The Morgan fingerprint density at radius 3 is 2.57 bits per heavy atom. The van der Waals surface area contributed by atoms with Gasteiger partial charge in [0.05, 0.1) is 0 Å². The number of hydrazone groups is 1. The van der Waals surface area contributed by atoms with E-state index in [1.807, 2.05) is 0 Å². The van der Waals surface area contributed by atoms with Gasteiger partial charge in [0.15, 0.2) is 11.4 Å². The van der Waals surface area contributed by atoms with Crippen molar-refractivity contribution in [1.29, 1.82) is 0 Å². The second-order valence-electron chi connectivity index (χ2n) is 2.52. The van der Waals surface area contributed by atoms with Gasteiger partial charge in [0.25, 0.3) is 0 Å². The van der Waals surface area contributed by atoms with Crippen LogP contribution in [-0.4, -0.2) is 37.9 Å². The molecule has 0 spiro atoms. The summed E-state index contributed by atoms with van der Waals surface area (Å²) in [5.74, 6) is 0. The van der Waals surface area contributed by atoms with Crippen LogP contribution >= 0.6 is 34.8 Å². The summed E-state index contributed by atoms with van der Waals surface area (Å²) in [6.45, 7) is 2.17. The van der Waals surface area contributed by atoms with Gasteiger partial charge < -0.3 is 0 Å². The molecular formula is C5H7Cl3N4O2. The topological polar surface area (TPSA) is 62.0 Å². The van der Waals surface area contributed by atoms with Crippen molar-refractivity contribution < 1.29 is 5.03 Å². The fourth-order valence-corrected chi connectivity index (χ4v) is 1.73. The van der Waals surface area contributed by atoms with Crippen LogP contribution < -0.4 is 0 Å². The molecule has 80 valence electrons. The van der Waals surface area contributed by atoms with Crippen molar-refractivity contribution in [2.24, 2.45) is 5.10 Å². The molecule has 0 fully saturated rings. The number of halogens is 3. The number of hydrogen-bond acceptors (Lipinski definition) is 4. The lowest BCUT2D eigenvalue weighted by Crippen LogP contribution is -2.50. The van der Waals surface area contributed by atoms with Crippen molar-refractivity contribution >= 4 is 41.1 Å². The van der Waals surface area contributed by atoms with Crippen LogP contribution in [0.3, 0.4) is 0 Å². The molecule has 0 aromatic heterocycles. The molecule has 6 nitrogen and oxygen atoms in total. The standard InChI is InChI=1S/C5H7Cl3N4O2/c1-2-10-4(5(6,7)8)11(3-9-10)12(13)14/h3-4H,2H2,1H3. The summed E-state index contributed by atoms with van der Waals surface area (Å²) in [5, 5.41) is 15.6. The highest BCUT2D eigenvalue weighted by Crippen LogP contribution is 2.36. The van der Waals surface area contributed by atoms with E-state index in [1.165, 1.54) is 5.01 Å². The molecule has 1 heterocycles. The van der Waals surface area contributed by atoms with Crippen molar-refractivity contribution in [3.8, 4) is 0 Å². The van der Waals surface area contributed by atoms with Gasteiger partial charge >= 0.3 is 0 Å². The van der Waals surface area contributed by atoms with E-state index >= 15 is 0 Å². The molecule has 1 unspecified atom stereocenters. The fourth-order valence-electron chi connectivity index (χ4n) is 1.09. The third-order valence-electron chi connectivity index (χ3n) is 1.66. The Labute approximate surface area is 95.1 Å². The smallest absolute Gasteiger partial charge is 0.236 e. The second kappa shape index (κ2) is 3.96. The maximum Gasteiger partial charge on any atom is 0.236 e. The van der Waals surface area contributed by atoms with Crippen molar-refractivity contribution in [1.82, 2.24) is 10.0 Å². The molecule has 0 aliphatic carbocycles. The Morgan fingerprint density at radius 2 is 2.21 bits per heavy atom. The first-order valence-corrected chi connectivity index (χ1v) is 4.81. The summed E-state index contributed by atoms with van der Waals surface area (Å²) in [4.78, 5) is 10.6. The van der Waals surface area contributed by atoms with E-state index in [0.717, 1.165) is 6.34 Å². The molecule has 1 aliphatic rings. The highest BCUT2D eigenvalue weighted by molar-refractivity contribution is 6.68. The quantitative estimate of drug-likeness (QED) is 0.429. The molecule has 9 heteroatoms. The molecule has 0 saturated heterocycles. The predicted molar refractivity (Wildman–Crippen MR) is 53.8 cm³/mol. The SMILES string of the molecule is CCN1N=CN([N+](=O)[O-])C1C(Cl)(Cl)Cl. The van der Waals surface area contributed by atoms with Crippen molar-refractivity contribution in [2.45, 2.75) is 16.9 Å². The minimum absolute atomic E-state index is 0.416. The third-order valence-corrected chi connectivity index (χ3v) is 2.24. The molecule has 0 aromatic rings. The van der Waals surface area contributed by atoms with Gasteiger partial charge in [-0.3, -0.25) is 5.01 Å². The van der Waals surface area contributed by atoms with Gasteiger partial charge in [0.2, 0.25) is 9.96 Å². The molecule has 0 aromatic carbocycles. The van der Waals surface area contributed by atoms with E-state index in [9.17, 15) is 10.1 Å². The molecule has 0 amide bonds. The van der Waals surface area contributed by atoms with Crippen LogP contribution in [0.4, 0.5) is 0 Å². The lowest BCUT2D eigenvalue weighted by molar-refractivity contribution is -0.638. The Bertz CT molecular complexity index is 266. The van der Waals surface area contributed by atoms with Crippen molar-refractivity contribution in [3.05, 3.63) is 10.1 Å². The number of alkyl halides is 3. The highest BCUT2D eigenvalue weighted by Gasteiger charge is 2.49. The van der Waals surface area contributed by atoms with Crippen LogP contribution in [0.2, 0.25) is 0 Å². The zero-order valence-electron chi connectivity index (χ0n) is 7.10. The average Bonchev–Trinajstić information content (AvgIpc) is 2.45. The molecule has 1 atom stereocenters. The molecule has 0 radical (unpaired) electrons. The number of rotatable bonds is 2. The van der Waals surface area contributed by atoms with Crippen molar-refractivity contribution in [3.63, 3.8) is 0 Å². The minimum Gasteiger partial charge on any atom is -0.263 e. The molecular weight excluding hydrogens is 254 g/mol. The number of hydrazine groups is 1. The van der Waals surface area contributed by atoms with Crippen LogP contribution in [0.1, 0.15) is 6.92 Å². The lowest BCUT2D eigenvalue weighted by Gasteiger charge is -2.28. The molecule has 1 rings (SSSR count). The first-order chi connectivity index (χ1) is 6.38. The van der Waals surface area contributed by atoms with Gasteiger partial charge in [0.1, 0.15) is 0 Å². The van der Waals surface area contributed by atoms with Crippen LogP contribution in [0.25, 0.3) is 0 Å². The van der Waals surface area contributed by atoms with Gasteiger partial charge in [-0.05, 0) is 6.92 Å². The van der Waals surface area contributed by atoms with Crippen LogP contribution in [-0.2, 0) is 0 Å². The molecule has 1 aliphatic heterocycles. The second-order valence-corrected chi connectivity index (χ2v) is 4.89. The van der Waals surface area contributed by atoms with Crippen LogP contribution in [0.5, 0.6) is 0 Å². The van der Waals surface area contributed by atoms with E-state index in [2.05, 4.69) is 5.10 Å². The number of hydrogen-bond donors (Lipinski definition) is 0.